The Morgan fingerprint density at radius 1 is 1.38 bits per heavy atom. The van der Waals surface area contributed by atoms with E-state index in [1.165, 1.54) is 34.9 Å². The van der Waals surface area contributed by atoms with Crippen LogP contribution in [0.3, 0.4) is 0 Å². The van der Waals surface area contributed by atoms with Gasteiger partial charge in [-0.1, -0.05) is 6.07 Å². The molecule has 1 N–H and O–H groups in total. The van der Waals surface area contributed by atoms with Crippen LogP contribution in [0.15, 0.2) is 18.2 Å². The van der Waals surface area contributed by atoms with E-state index in [0.29, 0.717) is 6.04 Å². The van der Waals surface area contributed by atoms with Crippen molar-refractivity contribution >= 4 is 23.1 Å². The zero-order valence-electron chi connectivity index (χ0n) is 10.3. The largest absolute Gasteiger partial charge is 0.381 e. The molecular formula is C13H20N2S. The number of benzene rings is 1. The van der Waals surface area contributed by atoms with Gasteiger partial charge < -0.3 is 10.2 Å². The molecule has 1 saturated heterocycles. The highest BCUT2D eigenvalue weighted by Gasteiger charge is 2.15. The van der Waals surface area contributed by atoms with Gasteiger partial charge in [0.15, 0.2) is 0 Å². The smallest absolute Gasteiger partial charge is 0.0411 e. The third-order valence-corrected chi connectivity index (χ3v) is 4.15. The Bertz CT molecular complexity index is 357. The number of aryl methyl sites for hydroxylation is 1. The molecule has 0 saturated carbocycles. The number of hydrogen-bond donors (Lipinski definition) is 1. The minimum Gasteiger partial charge on any atom is -0.381 e. The van der Waals surface area contributed by atoms with Crippen molar-refractivity contribution in [2.75, 3.05) is 35.8 Å². The lowest BCUT2D eigenvalue weighted by molar-refractivity contribution is 0.813. The summed E-state index contributed by atoms with van der Waals surface area (Å²) in [5, 5.41) is 3.62. The third kappa shape index (κ3) is 2.64. The molecule has 1 fully saturated rings. The van der Waals surface area contributed by atoms with Gasteiger partial charge in [-0.15, -0.1) is 0 Å². The molecule has 0 radical (unpaired) electrons. The zero-order valence-corrected chi connectivity index (χ0v) is 11.1. The van der Waals surface area contributed by atoms with Gasteiger partial charge in [0.2, 0.25) is 0 Å². The molecule has 0 aliphatic carbocycles. The highest BCUT2D eigenvalue weighted by Crippen LogP contribution is 2.26. The standard InChI is InChI=1S/C13H20N2S/c1-10-4-5-11(8-13(10)15(2)3)14-12-6-7-16-9-12/h4-5,8,12,14H,6-7,9H2,1-3H3. The molecule has 1 aliphatic heterocycles. The molecule has 1 atom stereocenters. The Morgan fingerprint density at radius 3 is 2.81 bits per heavy atom. The topological polar surface area (TPSA) is 15.3 Å². The minimum atomic E-state index is 0.655. The van der Waals surface area contributed by atoms with Crippen molar-refractivity contribution in [1.29, 1.82) is 0 Å². The fourth-order valence-electron chi connectivity index (χ4n) is 2.07. The van der Waals surface area contributed by atoms with E-state index in [4.69, 9.17) is 0 Å². The van der Waals surface area contributed by atoms with Gasteiger partial charge in [0, 0.05) is 37.3 Å². The summed E-state index contributed by atoms with van der Waals surface area (Å²) in [6.07, 6.45) is 1.29. The molecule has 1 aromatic rings. The molecule has 1 unspecified atom stereocenters. The Morgan fingerprint density at radius 2 is 2.19 bits per heavy atom. The maximum atomic E-state index is 3.62. The fourth-order valence-corrected chi connectivity index (χ4v) is 3.22. The lowest BCUT2D eigenvalue weighted by Gasteiger charge is -2.19. The van der Waals surface area contributed by atoms with Gasteiger partial charge >= 0.3 is 0 Å². The van der Waals surface area contributed by atoms with Gasteiger partial charge in [-0.3, -0.25) is 0 Å². The van der Waals surface area contributed by atoms with Crippen molar-refractivity contribution in [1.82, 2.24) is 0 Å². The molecule has 0 spiro atoms. The summed E-state index contributed by atoms with van der Waals surface area (Å²) in [5.74, 6) is 2.54. The quantitative estimate of drug-likeness (QED) is 0.868. The first-order valence-electron chi connectivity index (χ1n) is 5.79. The van der Waals surface area contributed by atoms with Crippen LogP contribution in [0.25, 0.3) is 0 Å². The maximum Gasteiger partial charge on any atom is 0.0411 e. The lowest BCUT2D eigenvalue weighted by Crippen LogP contribution is -2.18. The average Bonchev–Trinajstić information content (AvgIpc) is 2.73. The summed E-state index contributed by atoms with van der Waals surface area (Å²) >= 11 is 2.04. The molecule has 16 heavy (non-hydrogen) atoms. The van der Waals surface area contributed by atoms with Crippen LogP contribution in [-0.4, -0.2) is 31.6 Å². The number of rotatable bonds is 3. The summed E-state index contributed by atoms with van der Waals surface area (Å²) in [6, 6.07) is 7.28. The monoisotopic (exact) mass is 236 g/mol. The first kappa shape index (κ1) is 11.6. The summed E-state index contributed by atoms with van der Waals surface area (Å²) in [4.78, 5) is 2.17. The Hall–Kier alpha value is -0.830. The molecule has 1 aliphatic rings. The zero-order chi connectivity index (χ0) is 11.5. The normalized spacial score (nSPS) is 19.8. The third-order valence-electron chi connectivity index (χ3n) is 2.99. The Kier molecular flexibility index (Phi) is 3.64. The Balaban J connectivity index is 2.12. The van der Waals surface area contributed by atoms with Gasteiger partial charge in [-0.25, -0.2) is 0 Å². The van der Waals surface area contributed by atoms with Crippen LogP contribution in [0, 0.1) is 6.92 Å². The second-order valence-electron chi connectivity index (χ2n) is 4.60. The number of anilines is 2. The van der Waals surface area contributed by atoms with Crippen molar-refractivity contribution < 1.29 is 0 Å². The first-order valence-corrected chi connectivity index (χ1v) is 6.94. The van der Waals surface area contributed by atoms with Gasteiger partial charge in [0.25, 0.3) is 0 Å². The molecule has 1 heterocycles. The van der Waals surface area contributed by atoms with Gasteiger partial charge in [0.1, 0.15) is 0 Å². The van der Waals surface area contributed by atoms with Crippen molar-refractivity contribution in [2.45, 2.75) is 19.4 Å². The van der Waals surface area contributed by atoms with E-state index in [1.54, 1.807) is 0 Å². The van der Waals surface area contributed by atoms with E-state index in [1.807, 2.05) is 11.8 Å². The van der Waals surface area contributed by atoms with E-state index in [0.717, 1.165) is 0 Å². The first-order chi connectivity index (χ1) is 7.66. The van der Waals surface area contributed by atoms with Crippen molar-refractivity contribution in [3.8, 4) is 0 Å². The highest BCUT2D eigenvalue weighted by molar-refractivity contribution is 7.99. The maximum absolute atomic E-state index is 3.62. The van der Waals surface area contributed by atoms with Crippen molar-refractivity contribution in [2.24, 2.45) is 0 Å². The second-order valence-corrected chi connectivity index (χ2v) is 5.75. The summed E-state index contributed by atoms with van der Waals surface area (Å²) in [5.41, 5.74) is 3.88. The number of thioether (sulfide) groups is 1. The van der Waals surface area contributed by atoms with Crippen LogP contribution in [0.4, 0.5) is 11.4 Å². The van der Waals surface area contributed by atoms with E-state index < -0.39 is 0 Å². The van der Waals surface area contributed by atoms with Crippen LogP contribution in [0.2, 0.25) is 0 Å². The van der Waals surface area contributed by atoms with Crippen molar-refractivity contribution in [3.05, 3.63) is 23.8 Å². The van der Waals surface area contributed by atoms with E-state index >= 15 is 0 Å². The van der Waals surface area contributed by atoms with Crippen LogP contribution in [0.5, 0.6) is 0 Å². The van der Waals surface area contributed by atoms with Crippen LogP contribution in [-0.2, 0) is 0 Å². The lowest BCUT2D eigenvalue weighted by atomic mass is 10.1. The molecule has 0 aromatic heterocycles. The Labute approximate surface area is 102 Å². The SMILES string of the molecule is Cc1ccc(NC2CCSC2)cc1N(C)C. The summed E-state index contributed by atoms with van der Waals surface area (Å²) in [6.45, 7) is 2.16. The molecule has 2 nitrogen and oxygen atoms in total. The molecule has 2 rings (SSSR count). The van der Waals surface area contributed by atoms with E-state index in [-0.39, 0.29) is 0 Å². The molecule has 3 heteroatoms. The van der Waals surface area contributed by atoms with E-state index in [2.05, 4.69) is 49.4 Å². The summed E-state index contributed by atoms with van der Waals surface area (Å²) in [7, 11) is 4.19. The predicted octanol–water partition coefficient (Wildman–Crippen LogP) is 2.98. The van der Waals surface area contributed by atoms with E-state index in [9.17, 15) is 0 Å². The van der Waals surface area contributed by atoms with Crippen LogP contribution >= 0.6 is 11.8 Å². The average molecular weight is 236 g/mol. The number of nitrogens with zero attached hydrogens (tertiary/aromatic N) is 1. The van der Waals surface area contributed by atoms with Crippen LogP contribution in [0.1, 0.15) is 12.0 Å². The van der Waals surface area contributed by atoms with Crippen molar-refractivity contribution in [3.63, 3.8) is 0 Å². The summed E-state index contributed by atoms with van der Waals surface area (Å²) < 4.78 is 0. The second kappa shape index (κ2) is 5.00. The van der Waals surface area contributed by atoms with Gasteiger partial charge in [-0.2, -0.15) is 11.8 Å². The number of hydrogen-bond acceptors (Lipinski definition) is 3. The molecule has 0 amide bonds. The molecular weight excluding hydrogens is 216 g/mol. The molecule has 88 valence electrons. The fraction of sp³-hybridized carbons (Fsp3) is 0.538. The number of nitrogens with one attached hydrogen (secondary N) is 1. The van der Waals surface area contributed by atoms with Crippen LogP contribution < -0.4 is 10.2 Å². The van der Waals surface area contributed by atoms with Gasteiger partial charge in [-0.05, 0) is 36.8 Å². The predicted molar refractivity (Wildman–Crippen MR) is 74.9 cm³/mol. The molecule has 1 aromatic carbocycles. The van der Waals surface area contributed by atoms with Gasteiger partial charge in [0.05, 0.1) is 0 Å². The molecule has 0 bridgehead atoms. The highest BCUT2D eigenvalue weighted by atomic mass is 32.2. The minimum absolute atomic E-state index is 0.655.